The lowest BCUT2D eigenvalue weighted by atomic mass is 10.1. The summed E-state index contributed by atoms with van der Waals surface area (Å²) >= 11 is 1.41. The number of aryl methyl sites for hydroxylation is 1. The van der Waals surface area contributed by atoms with Crippen molar-refractivity contribution < 1.29 is 9.18 Å². The van der Waals surface area contributed by atoms with Crippen molar-refractivity contribution in [2.24, 2.45) is 0 Å². The van der Waals surface area contributed by atoms with Crippen LogP contribution in [0.3, 0.4) is 0 Å². The SMILES string of the molecule is Cc1ccc(Cn2c3ccccc3n3c(SCC(=O)N4CCN(c5ccccc5F)CC4)nnc23)cc1. The molecule has 0 spiro atoms. The predicted octanol–water partition coefficient (Wildman–Crippen LogP) is 4.62. The van der Waals surface area contributed by atoms with E-state index >= 15 is 0 Å². The average molecular weight is 515 g/mol. The van der Waals surface area contributed by atoms with Crippen LogP contribution >= 0.6 is 11.8 Å². The normalized spacial score (nSPS) is 14.1. The summed E-state index contributed by atoms with van der Waals surface area (Å²) in [5, 5.41) is 9.64. The van der Waals surface area contributed by atoms with Gasteiger partial charge in [-0.3, -0.25) is 9.20 Å². The Labute approximate surface area is 218 Å². The van der Waals surface area contributed by atoms with E-state index in [2.05, 4.69) is 58.1 Å². The molecule has 2 aromatic heterocycles. The van der Waals surface area contributed by atoms with Gasteiger partial charge in [-0.1, -0.05) is 65.9 Å². The zero-order valence-electron chi connectivity index (χ0n) is 20.5. The van der Waals surface area contributed by atoms with Gasteiger partial charge in [0.25, 0.3) is 0 Å². The highest BCUT2D eigenvalue weighted by Gasteiger charge is 2.24. The number of anilines is 1. The Morgan fingerprint density at radius 2 is 1.59 bits per heavy atom. The first-order valence-corrected chi connectivity index (χ1v) is 13.3. The van der Waals surface area contributed by atoms with Gasteiger partial charge in [-0.25, -0.2) is 4.39 Å². The number of imidazole rings is 1. The third-order valence-corrected chi connectivity index (χ3v) is 7.80. The van der Waals surface area contributed by atoms with Crippen molar-refractivity contribution in [3.05, 3.63) is 89.7 Å². The standard InChI is InChI=1S/C28H27FN6OS/c1-20-10-12-21(13-11-20)18-34-24-8-4-5-9-25(24)35-27(34)30-31-28(35)37-19-26(36)33-16-14-32(15-17-33)23-7-3-2-6-22(23)29/h2-13H,14-19H2,1H3. The second kappa shape index (κ2) is 9.89. The molecule has 6 rings (SSSR count). The first-order valence-electron chi connectivity index (χ1n) is 12.4. The monoisotopic (exact) mass is 514 g/mol. The minimum absolute atomic E-state index is 0.0540. The number of amides is 1. The maximum absolute atomic E-state index is 14.1. The molecule has 0 aliphatic carbocycles. The Morgan fingerprint density at radius 3 is 2.35 bits per heavy atom. The molecule has 1 fully saturated rings. The third kappa shape index (κ3) is 4.55. The van der Waals surface area contributed by atoms with Gasteiger partial charge in [0, 0.05) is 26.2 Å². The smallest absolute Gasteiger partial charge is 0.237 e. The molecule has 0 saturated carbocycles. The van der Waals surface area contributed by atoms with Gasteiger partial charge in [0.2, 0.25) is 11.7 Å². The van der Waals surface area contributed by atoms with Crippen LogP contribution in [-0.2, 0) is 11.3 Å². The molecule has 3 heterocycles. The first kappa shape index (κ1) is 23.5. The molecule has 37 heavy (non-hydrogen) atoms. The van der Waals surface area contributed by atoms with Crippen LogP contribution in [-0.4, -0.2) is 61.9 Å². The van der Waals surface area contributed by atoms with Crippen molar-refractivity contribution in [1.29, 1.82) is 0 Å². The first-order chi connectivity index (χ1) is 18.1. The summed E-state index contributed by atoms with van der Waals surface area (Å²) in [6, 6.07) is 23.5. The third-order valence-electron chi connectivity index (χ3n) is 6.88. The Morgan fingerprint density at radius 1 is 0.892 bits per heavy atom. The fraction of sp³-hybridized carbons (Fsp3) is 0.250. The summed E-state index contributed by atoms with van der Waals surface area (Å²) in [6.45, 7) is 5.13. The highest BCUT2D eigenvalue weighted by atomic mass is 32.2. The molecule has 0 bridgehead atoms. The van der Waals surface area contributed by atoms with Crippen LogP contribution in [0.1, 0.15) is 11.1 Å². The zero-order valence-corrected chi connectivity index (χ0v) is 21.4. The van der Waals surface area contributed by atoms with E-state index in [-0.39, 0.29) is 17.5 Å². The summed E-state index contributed by atoms with van der Waals surface area (Å²) in [6.07, 6.45) is 0. The Hall–Kier alpha value is -3.85. The molecule has 3 aromatic carbocycles. The van der Waals surface area contributed by atoms with E-state index in [0.717, 1.165) is 16.8 Å². The lowest BCUT2D eigenvalue weighted by molar-refractivity contribution is -0.128. The van der Waals surface area contributed by atoms with E-state index in [1.807, 2.05) is 32.4 Å². The summed E-state index contributed by atoms with van der Waals surface area (Å²) in [7, 11) is 0. The maximum Gasteiger partial charge on any atom is 0.237 e. The number of hydrogen-bond acceptors (Lipinski definition) is 5. The Balaban J connectivity index is 1.17. The van der Waals surface area contributed by atoms with Gasteiger partial charge >= 0.3 is 0 Å². The minimum atomic E-state index is -0.227. The van der Waals surface area contributed by atoms with Crippen LogP contribution in [0, 0.1) is 12.7 Å². The quantitative estimate of drug-likeness (QED) is 0.310. The molecule has 1 amide bonds. The number of carbonyl (C=O) groups is 1. The van der Waals surface area contributed by atoms with Gasteiger partial charge in [0.05, 0.1) is 29.0 Å². The van der Waals surface area contributed by atoms with Crippen molar-refractivity contribution in [1.82, 2.24) is 24.1 Å². The van der Waals surface area contributed by atoms with Gasteiger partial charge in [-0.15, -0.1) is 10.2 Å². The number of para-hydroxylation sites is 3. The van der Waals surface area contributed by atoms with Crippen LogP contribution in [0.15, 0.2) is 78.0 Å². The van der Waals surface area contributed by atoms with Crippen molar-refractivity contribution >= 4 is 40.2 Å². The van der Waals surface area contributed by atoms with Crippen LogP contribution in [0.25, 0.3) is 16.8 Å². The number of rotatable bonds is 6. The van der Waals surface area contributed by atoms with E-state index in [0.29, 0.717) is 43.6 Å². The number of thioether (sulfide) groups is 1. The van der Waals surface area contributed by atoms with Crippen LogP contribution in [0.5, 0.6) is 0 Å². The minimum Gasteiger partial charge on any atom is -0.366 e. The van der Waals surface area contributed by atoms with Gasteiger partial charge in [0.15, 0.2) is 5.16 Å². The predicted molar refractivity (Wildman–Crippen MR) is 145 cm³/mol. The molecule has 5 aromatic rings. The molecular formula is C28H27FN6OS. The zero-order chi connectivity index (χ0) is 25.4. The van der Waals surface area contributed by atoms with Gasteiger partial charge in [-0.05, 0) is 36.8 Å². The molecule has 1 aliphatic heterocycles. The molecule has 0 atom stereocenters. The second-order valence-electron chi connectivity index (χ2n) is 9.29. The summed E-state index contributed by atoms with van der Waals surface area (Å²) < 4.78 is 18.4. The Kier molecular flexibility index (Phi) is 6.30. The summed E-state index contributed by atoms with van der Waals surface area (Å²) in [5.74, 6) is 0.863. The molecule has 0 radical (unpaired) electrons. The van der Waals surface area contributed by atoms with Crippen molar-refractivity contribution in [3.8, 4) is 0 Å². The lowest BCUT2D eigenvalue weighted by Gasteiger charge is -2.36. The highest BCUT2D eigenvalue weighted by Crippen LogP contribution is 2.27. The number of nitrogens with zero attached hydrogens (tertiary/aromatic N) is 6. The number of benzene rings is 3. The molecule has 0 N–H and O–H groups in total. The topological polar surface area (TPSA) is 58.7 Å². The molecule has 188 valence electrons. The number of carbonyl (C=O) groups excluding carboxylic acids is 1. The summed E-state index contributed by atoms with van der Waals surface area (Å²) in [4.78, 5) is 16.9. The van der Waals surface area contributed by atoms with Gasteiger partial charge in [0.1, 0.15) is 5.82 Å². The van der Waals surface area contributed by atoms with E-state index in [4.69, 9.17) is 0 Å². The number of hydrogen-bond donors (Lipinski definition) is 0. The fourth-order valence-electron chi connectivity index (χ4n) is 4.89. The van der Waals surface area contributed by atoms with Gasteiger partial charge < -0.3 is 14.4 Å². The van der Waals surface area contributed by atoms with E-state index in [9.17, 15) is 9.18 Å². The number of fused-ring (bicyclic) bond motifs is 3. The maximum atomic E-state index is 14.1. The molecule has 9 heteroatoms. The van der Waals surface area contributed by atoms with Crippen LogP contribution in [0.2, 0.25) is 0 Å². The second-order valence-corrected chi connectivity index (χ2v) is 10.2. The highest BCUT2D eigenvalue weighted by molar-refractivity contribution is 7.99. The molecule has 1 saturated heterocycles. The Bertz CT molecular complexity index is 1570. The van der Waals surface area contributed by atoms with E-state index in [1.54, 1.807) is 12.1 Å². The molecule has 1 aliphatic rings. The van der Waals surface area contributed by atoms with E-state index in [1.165, 1.54) is 29.0 Å². The summed E-state index contributed by atoms with van der Waals surface area (Å²) in [5.41, 5.74) is 5.10. The van der Waals surface area contributed by atoms with Crippen LogP contribution < -0.4 is 4.90 Å². The van der Waals surface area contributed by atoms with E-state index < -0.39 is 0 Å². The van der Waals surface area contributed by atoms with Crippen molar-refractivity contribution in [2.75, 3.05) is 36.8 Å². The largest absolute Gasteiger partial charge is 0.366 e. The average Bonchev–Trinajstić information content (AvgIpc) is 3.48. The van der Waals surface area contributed by atoms with Gasteiger partial charge in [-0.2, -0.15) is 0 Å². The molecule has 0 unspecified atom stereocenters. The van der Waals surface area contributed by atoms with Crippen LogP contribution in [0.4, 0.5) is 10.1 Å². The van der Waals surface area contributed by atoms with Crippen molar-refractivity contribution in [2.45, 2.75) is 18.6 Å². The van der Waals surface area contributed by atoms with Crippen molar-refractivity contribution in [3.63, 3.8) is 0 Å². The number of piperazine rings is 1. The number of aromatic nitrogens is 4. The lowest BCUT2D eigenvalue weighted by Crippen LogP contribution is -2.49. The molecular weight excluding hydrogens is 487 g/mol. The molecule has 7 nitrogen and oxygen atoms in total. The fourth-order valence-corrected chi connectivity index (χ4v) is 5.73. The number of halogens is 1.